The summed E-state index contributed by atoms with van der Waals surface area (Å²) < 4.78 is 11.3. The van der Waals surface area contributed by atoms with Gasteiger partial charge in [0.15, 0.2) is 0 Å². The second-order valence-corrected chi connectivity index (χ2v) is 14.0. The predicted molar refractivity (Wildman–Crippen MR) is 213 cm³/mol. The molecule has 0 aliphatic carbocycles. The van der Waals surface area contributed by atoms with E-state index >= 15 is 0 Å². The van der Waals surface area contributed by atoms with Crippen LogP contribution >= 0.6 is 11.3 Å². The molecule has 3 aromatic heterocycles. The molecule has 0 atom stereocenters. The molecule has 0 saturated carbocycles. The fourth-order valence-electron chi connectivity index (χ4n) is 7.89. The zero-order valence-electron chi connectivity index (χ0n) is 26.9. The van der Waals surface area contributed by atoms with E-state index in [0.717, 1.165) is 44.7 Å². The smallest absolute Gasteiger partial charge is 0.135 e. The van der Waals surface area contributed by atoms with E-state index in [-0.39, 0.29) is 0 Å². The Morgan fingerprint density at radius 1 is 0.420 bits per heavy atom. The molecule has 4 heteroatoms. The van der Waals surface area contributed by atoms with Gasteiger partial charge in [0.2, 0.25) is 0 Å². The maximum atomic E-state index is 6.26. The maximum absolute atomic E-state index is 6.26. The normalized spacial score (nSPS) is 12.0. The van der Waals surface area contributed by atoms with Gasteiger partial charge < -0.3 is 13.9 Å². The van der Waals surface area contributed by atoms with Crippen molar-refractivity contribution in [3.63, 3.8) is 0 Å². The average Bonchev–Trinajstić information content (AvgIpc) is 3.84. The van der Waals surface area contributed by atoms with Gasteiger partial charge in [0, 0.05) is 64.5 Å². The van der Waals surface area contributed by atoms with Crippen LogP contribution in [0.5, 0.6) is 0 Å². The van der Waals surface area contributed by atoms with Crippen LogP contribution < -0.4 is 4.90 Å². The lowest BCUT2D eigenvalue weighted by Crippen LogP contribution is -2.10. The molecule has 11 rings (SSSR count). The molecule has 0 unspecified atom stereocenters. The van der Waals surface area contributed by atoms with E-state index in [2.05, 4.69) is 167 Å². The third-order valence-electron chi connectivity index (χ3n) is 10.2. The largest absolute Gasteiger partial charge is 0.456 e. The quantitative estimate of drug-likeness (QED) is 0.188. The average molecular weight is 657 g/mol. The summed E-state index contributed by atoms with van der Waals surface area (Å²) in [7, 11) is 0. The predicted octanol–water partition coefficient (Wildman–Crippen LogP) is 13.7. The van der Waals surface area contributed by atoms with Crippen molar-refractivity contribution in [3.05, 3.63) is 170 Å². The Labute approximate surface area is 291 Å². The zero-order chi connectivity index (χ0) is 32.8. The van der Waals surface area contributed by atoms with Crippen molar-refractivity contribution in [2.24, 2.45) is 0 Å². The lowest BCUT2D eigenvalue weighted by Gasteiger charge is -2.26. The van der Waals surface area contributed by atoms with Gasteiger partial charge in [-0.25, -0.2) is 0 Å². The van der Waals surface area contributed by atoms with Gasteiger partial charge in [-0.15, -0.1) is 11.3 Å². The Morgan fingerprint density at radius 3 is 1.96 bits per heavy atom. The Hall–Kier alpha value is -6.36. The highest BCUT2D eigenvalue weighted by atomic mass is 32.1. The molecule has 0 bridgehead atoms. The molecule has 0 saturated heterocycles. The van der Waals surface area contributed by atoms with Crippen LogP contribution in [0.4, 0.5) is 17.1 Å². The number of hydrogen-bond acceptors (Lipinski definition) is 3. The van der Waals surface area contributed by atoms with E-state index in [4.69, 9.17) is 4.42 Å². The molecule has 11 aromatic rings. The molecule has 0 fully saturated rings. The van der Waals surface area contributed by atoms with Crippen molar-refractivity contribution < 1.29 is 4.42 Å². The van der Waals surface area contributed by atoms with Gasteiger partial charge >= 0.3 is 0 Å². The molecule has 0 radical (unpaired) electrons. The van der Waals surface area contributed by atoms with Crippen LogP contribution in [0.1, 0.15) is 0 Å². The number of rotatable bonds is 4. The van der Waals surface area contributed by atoms with Crippen molar-refractivity contribution >= 4 is 103 Å². The van der Waals surface area contributed by atoms with E-state index in [1.54, 1.807) is 0 Å². The molecule has 50 heavy (non-hydrogen) atoms. The number of nitrogens with zero attached hydrogens (tertiary/aromatic N) is 2. The van der Waals surface area contributed by atoms with Crippen LogP contribution in [0.3, 0.4) is 0 Å². The van der Waals surface area contributed by atoms with Gasteiger partial charge in [-0.2, -0.15) is 0 Å². The first-order valence-corrected chi connectivity index (χ1v) is 17.7. The second kappa shape index (κ2) is 10.6. The first-order valence-electron chi connectivity index (χ1n) is 16.9. The Morgan fingerprint density at radius 2 is 1.06 bits per heavy atom. The summed E-state index contributed by atoms with van der Waals surface area (Å²) in [6.45, 7) is 0. The van der Waals surface area contributed by atoms with E-state index < -0.39 is 0 Å². The van der Waals surface area contributed by atoms with Crippen LogP contribution in [0.15, 0.2) is 174 Å². The van der Waals surface area contributed by atoms with Gasteiger partial charge in [-0.1, -0.05) is 103 Å². The van der Waals surface area contributed by atoms with E-state index in [1.807, 2.05) is 23.5 Å². The van der Waals surface area contributed by atoms with Crippen molar-refractivity contribution in [3.8, 4) is 5.69 Å². The first kappa shape index (κ1) is 27.6. The molecule has 0 aliphatic rings. The van der Waals surface area contributed by atoms with Crippen molar-refractivity contribution in [2.75, 3.05) is 4.90 Å². The third-order valence-corrected chi connectivity index (χ3v) is 11.4. The second-order valence-electron chi connectivity index (χ2n) is 12.9. The third kappa shape index (κ3) is 4.03. The molecule has 3 heterocycles. The van der Waals surface area contributed by atoms with Crippen LogP contribution in [-0.4, -0.2) is 4.57 Å². The maximum Gasteiger partial charge on any atom is 0.135 e. The minimum Gasteiger partial charge on any atom is -0.456 e. The van der Waals surface area contributed by atoms with Crippen molar-refractivity contribution in [2.45, 2.75) is 0 Å². The fourth-order valence-corrected chi connectivity index (χ4v) is 9.16. The van der Waals surface area contributed by atoms with Gasteiger partial charge in [-0.05, 0) is 77.5 Å². The fraction of sp³-hybridized carbons (Fsp3) is 0. The SMILES string of the molecule is c1ccc(-n2c3ccccc3c3ccc(N(c4ccc5c(c4)sc4c6ccccc6ccc54)c4ccc5oc6ccccc6c5c4)cc32)cc1. The first-order chi connectivity index (χ1) is 24.8. The Bertz CT molecular complexity index is 3110. The Balaban J connectivity index is 1.18. The van der Waals surface area contributed by atoms with Crippen LogP contribution in [-0.2, 0) is 0 Å². The lowest BCUT2D eigenvalue weighted by atomic mass is 10.1. The van der Waals surface area contributed by atoms with Crippen molar-refractivity contribution in [1.82, 2.24) is 4.57 Å². The van der Waals surface area contributed by atoms with Gasteiger partial charge in [0.05, 0.1) is 11.0 Å². The van der Waals surface area contributed by atoms with Crippen molar-refractivity contribution in [1.29, 1.82) is 0 Å². The number of aromatic nitrogens is 1. The topological polar surface area (TPSA) is 21.3 Å². The molecular formula is C46H28N2OS. The minimum atomic E-state index is 0.890. The standard InChI is InChI=1S/C46H28N2OS/c1-2-11-30(12-3-1)48-41-16-8-6-14-35(41)36-23-19-32(27-42(36)48)47(31-21-25-44-40(26-31)37-15-7-9-17-43(37)49-44)33-20-24-38-39-22-18-29-10-4-5-13-34(29)46(39)50-45(38)28-33/h1-28H. The molecule has 234 valence electrons. The number of hydrogen-bond donors (Lipinski definition) is 0. The number of anilines is 3. The lowest BCUT2D eigenvalue weighted by molar-refractivity contribution is 0.669. The summed E-state index contributed by atoms with van der Waals surface area (Å²) in [6, 6.07) is 61.3. The number of benzene rings is 8. The van der Waals surface area contributed by atoms with Gasteiger partial charge in [0.25, 0.3) is 0 Å². The molecule has 0 aliphatic heterocycles. The number of furan rings is 1. The van der Waals surface area contributed by atoms with E-state index in [0.29, 0.717) is 0 Å². The highest BCUT2D eigenvalue weighted by Crippen LogP contribution is 2.45. The van der Waals surface area contributed by atoms with Gasteiger partial charge in [-0.3, -0.25) is 0 Å². The number of fused-ring (bicyclic) bond motifs is 11. The number of thiophene rings is 1. The van der Waals surface area contributed by atoms with E-state index in [9.17, 15) is 0 Å². The monoisotopic (exact) mass is 656 g/mol. The summed E-state index contributed by atoms with van der Waals surface area (Å²) >= 11 is 1.88. The Kier molecular flexibility index (Phi) is 5.83. The molecule has 0 N–H and O–H groups in total. The minimum absolute atomic E-state index is 0.890. The molecular weight excluding hydrogens is 629 g/mol. The molecule has 8 aromatic carbocycles. The highest BCUT2D eigenvalue weighted by Gasteiger charge is 2.20. The molecule has 0 amide bonds. The summed E-state index contributed by atoms with van der Waals surface area (Å²) in [4.78, 5) is 2.40. The summed E-state index contributed by atoms with van der Waals surface area (Å²) in [5.74, 6) is 0. The van der Waals surface area contributed by atoms with Crippen LogP contribution in [0.25, 0.3) is 80.4 Å². The summed E-state index contributed by atoms with van der Waals surface area (Å²) in [5.41, 5.74) is 8.59. The zero-order valence-corrected chi connectivity index (χ0v) is 27.7. The van der Waals surface area contributed by atoms with Gasteiger partial charge in [0.1, 0.15) is 11.2 Å². The summed E-state index contributed by atoms with van der Waals surface area (Å²) in [5, 5.41) is 9.88. The molecule has 3 nitrogen and oxygen atoms in total. The van der Waals surface area contributed by atoms with Crippen LogP contribution in [0.2, 0.25) is 0 Å². The molecule has 0 spiro atoms. The highest BCUT2D eigenvalue weighted by molar-refractivity contribution is 7.26. The number of para-hydroxylation sites is 3. The van der Waals surface area contributed by atoms with E-state index in [1.165, 1.54) is 52.8 Å². The van der Waals surface area contributed by atoms with Crippen LogP contribution in [0, 0.1) is 0 Å². The summed E-state index contributed by atoms with van der Waals surface area (Å²) in [6.07, 6.45) is 0.